The molecule has 0 amide bonds. The molecule has 192 valence electrons. The fourth-order valence-corrected chi connectivity index (χ4v) is 7.07. The number of fused-ring (bicyclic) bond motifs is 1. The molecular formula is C34H44FN. The first-order valence-electron chi connectivity index (χ1n) is 14.4. The van der Waals surface area contributed by atoms with Gasteiger partial charge in [-0.25, -0.2) is 4.39 Å². The molecule has 2 saturated carbocycles. The Morgan fingerprint density at radius 3 is 2.31 bits per heavy atom. The molecule has 1 aromatic heterocycles. The van der Waals surface area contributed by atoms with Gasteiger partial charge in [-0.3, -0.25) is 4.98 Å². The van der Waals surface area contributed by atoms with Gasteiger partial charge in [-0.15, -0.1) is 0 Å². The number of hydrogen-bond donors (Lipinski definition) is 0. The predicted molar refractivity (Wildman–Crippen MR) is 151 cm³/mol. The third-order valence-corrected chi connectivity index (χ3v) is 9.55. The third kappa shape index (κ3) is 4.50. The van der Waals surface area contributed by atoms with Gasteiger partial charge in [-0.1, -0.05) is 77.0 Å². The van der Waals surface area contributed by atoms with Crippen LogP contribution in [0.25, 0.3) is 11.1 Å². The highest BCUT2D eigenvalue weighted by Crippen LogP contribution is 2.56. The minimum absolute atomic E-state index is 0.362. The summed E-state index contributed by atoms with van der Waals surface area (Å²) in [5, 5.41) is 0. The van der Waals surface area contributed by atoms with E-state index in [2.05, 4.69) is 39.1 Å². The van der Waals surface area contributed by atoms with Crippen molar-refractivity contribution >= 4 is 11.1 Å². The molecular weight excluding hydrogens is 441 g/mol. The summed E-state index contributed by atoms with van der Waals surface area (Å²) in [5.41, 5.74) is 9.86. The molecule has 0 N–H and O–H groups in total. The maximum absolute atomic E-state index is 14.6. The molecule has 2 heteroatoms. The zero-order valence-corrected chi connectivity index (χ0v) is 23.0. The van der Waals surface area contributed by atoms with E-state index in [1.807, 2.05) is 12.1 Å². The monoisotopic (exact) mass is 485 g/mol. The number of allylic oxidation sites excluding steroid dienone is 1. The molecule has 0 radical (unpaired) electrons. The van der Waals surface area contributed by atoms with E-state index in [4.69, 9.17) is 4.98 Å². The second-order valence-electron chi connectivity index (χ2n) is 12.6. The third-order valence-electron chi connectivity index (χ3n) is 9.55. The van der Waals surface area contributed by atoms with Crippen LogP contribution in [-0.4, -0.2) is 4.98 Å². The van der Waals surface area contributed by atoms with Crippen LogP contribution in [0.15, 0.2) is 37.4 Å². The average Bonchev–Trinajstić information content (AvgIpc) is 2.85. The summed E-state index contributed by atoms with van der Waals surface area (Å²) >= 11 is 0. The molecule has 1 spiro atoms. The number of benzene rings is 1. The van der Waals surface area contributed by atoms with E-state index in [-0.39, 0.29) is 0 Å². The molecule has 1 nitrogen and oxygen atoms in total. The predicted octanol–water partition coefficient (Wildman–Crippen LogP) is 10.0. The molecule has 0 bridgehead atoms. The summed E-state index contributed by atoms with van der Waals surface area (Å²) in [5.74, 6) is 0.905. The van der Waals surface area contributed by atoms with Crippen LogP contribution in [-0.2, 0) is 12.1 Å². The molecule has 1 aromatic carbocycles. The Balaban J connectivity index is 1.71. The maximum atomic E-state index is 14.6. The summed E-state index contributed by atoms with van der Waals surface area (Å²) in [6.45, 7) is 17.2. The first-order valence-corrected chi connectivity index (χ1v) is 14.4. The second kappa shape index (κ2) is 9.58. The number of halogens is 1. The molecule has 2 fully saturated rings. The SMILES string of the molecule is C=C1CC2(CCC2)Cc2nc(C(C)CC)c(C(=C)c3ccc(C(C)(C)F)cc3)c(C3CCCCC3)c21. The van der Waals surface area contributed by atoms with E-state index in [1.54, 1.807) is 13.8 Å². The number of aromatic nitrogens is 1. The van der Waals surface area contributed by atoms with Crippen molar-refractivity contribution in [2.45, 2.75) is 116 Å². The number of alkyl halides is 1. The molecule has 5 rings (SSSR count). The summed E-state index contributed by atoms with van der Waals surface area (Å²) in [6.07, 6.45) is 13.7. The lowest BCUT2D eigenvalue weighted by molar-refractivity contribution is 0.134. The minimum atomic E-state index is -1.35. The van der Waals surface area contributed by atoms with Crippen molar-refractivity contribution in [3.63, 3.8) is 0 Å². The van der Waals surface area contributed by atoms with Gasteiger partial charge < -0.3 is 0 Å². The quantitative estimate of drug-likeness (QED) is 0.396. The highest BCUT2D eigenvalue weighted by molar-refractivity contribution is 5.86. The largest absolute Gasteiger partial charge is 0.256 e. The number of rotatable bonds is 6. The van der Waals surface area contributed by atoms with Crippen LogP contribution in [0.3, 0.4) is 0 Å². The van der Waals surface area contributed by atoms with Crippen molar-refractivity contribution in [1.29, 1.82) is 0 Å². The van der Waals surface area contributed by atoms with E-state index >= 15 is 0 Å². The smallest absolute Gasteiger partial charge is 0.130 e. The van der Waals surface area contributed by atoms with Gasteiger partial charge in [-0.05, 0) is 104 Å². The van der Waals surface area contributed by atoms with Crippen LogP contribution in [0.1, 0.15) is 143 Å². The van der Waals surface area contributed by atoms with Crippen LogP contribution in [0.2, 0.25) is 0 Å². The van der Waals surface area contributed by atoms with Crippen molar-refractivity contribution in [3.8, 4) is 0 Å². The van der Waals surface area contributed by atoms with Gasteiger partial charge in [0.1, 0.15) is 5.67 Å². The summed E-state index contributed by atoms with van der Waals surface area (Å²) in [4.78, 5) is 5.49. The van der Waals surface area contributed by atoms with E-state index < -0.39 is 5.67 Å². The molecule has 0 saturated heterocycles. The average molecular weight is 486 g/mol. The van der Waals surface area contributed by atoms with Crippen molar-refractivity contribution in [2.24, 2.45) is 5.41 Å². The Bertz CT molecular complexity index is 1150. The molecule has 2 aromatic rings. The number of nitrogens with zero attached hydrogens (tertiary/aromatic N) is 1. The topological polar surface area (TPSA) is 12.9 Å². The van der Waals surface area contributed by atoms with Crippen molar-refractivity contribution in [3.05, 3.63) is 76.6 Å². The van der Waals surface area contributed by atoms with E-state index in [1.165, 1.54) is 85.0 Å². The van der Waals surface area contributed by atoms with Crippen LogP contribution in [0.4, 0.5) is 4.39 Å². The van der Waals surface area contributed by atoms with E-state index in [0.29, 0.717) is 22.8 Å². The van der Waals surface area contributed by atoms with Crippen LogP contribution in [0, 0.1) is 5.41 Å². The Labute approximate surface area is 218 Å². The van der Waals surface area contributed by atoms with Crippen molar-refractivity contribution in [2.75, 3.05) is 0 Å². The zero-order valence-electron chi connectivity index (χ0n) is 23.0. The molecule has 1 atom stereocenters. The van der Waals surface area contributed by atoms with Crippen LogP contribution >= 0.6 is 0 Å². The Morgan fingerprint density at radius 1 is 1.08 bits per heavy atom. The molecule has 3 aliphatic rings. The number of pyridine rings is 1. The Morgan fingerprint density at radius 2 is 1.75 bits per heavy atom. The lowest BCUT2D eigenvalue weighted by Gasteiger charge is -2.47. The highest BCUT2D eigenvalue weighted by atomic mass is 19.1. The first-order chi connectivity index (χ1) is 17.1. The maximum Gasteiger partial charge on any atom is 0.130 e. The van der Waals surface area contributed by atoms with Gasteiger partial charge >= 0.3 is 0 Å². The summed E-state index contributed by atoms with van der Waals surface area (Å²) in [7, 11) is 0. The lowest BCUT2D eigenvalue weighted by atomic mass is 9.58. The fourth-order valence-electron chi connectivity index (χ4n) is 7.07. The molecule has 36 heavy (non-hydrogen) atoms. The fraction of sp³-hybridized carbons (Fsp3) is 0.559. The highest BCUT2D eigenvalue weighted by Gasteiger charge is 2.44. The van der Waals surface area contributed by atoms with E-state index in [9.17, 15) is 4.39 Å². The molecule has 1 heterocycles. The summed E-state index contributed by atoms with van der Waals surface area (Å²) in [6, 6.07) is 7.97. The van der Waals surface area contributed by atoms with Gasteiger partial charge in [0.05, 0.1) is 5.69 Å². The molecule has 3 aliphatic carbocycles. The number of hydrogen-bond acceptors (Lipinski definition) is 1. The normalized spacial score (nSPS) is 20.6. The van der Waals surface area contributed by atoms with Crippen molar-refractivity contribution < 1.29 is 4.39 Å². The van der Waals surface area contributed by atoms with Crippen LogP contribution < -0.4 is 0 Å². The van der Waals surface area contributed by atoms with Crippen molar-refractivity contribution in [1.82, 2.24) is 4.98 Å². The molecule has 0 aliphatic heterocycles. The van der Waals surface area contributed by atoms with Gasteiger partial charge in [-0.2, -0.15) is 0 Å². The van der Waals surface area contributed by atoms with Gasteiger partial charge in [0.25, 0.3) is 0 Å². The second-order valence-corrected chi connectivity index (χ2v) is 12.6. The summed E-state index contributed by atoms with van der Waals surface area (Å²) < 4.78 is 14.6. The molecule has 1 unspecified atom stereocenters. The van der Waals surface area contributed by atoms with Gasteiger partial charge in [0, 0.05) is 16.8 Å². The standard InChI is InChI=1S/C34H44FN/c1-7-22(2)32-30(24(4)25-14-16-27(17-15-25)33(5,6)35)31(26-12-9-8-10-13-26)29-23(3)20-34(18-11-19-34)21-28(29)36-32/h14-17,22,26H,3-4,7-13,18-21H2,1-2,5-6H3. The van der Waals surface area contributed by atoms with Crippen LogP contribution in [0.5, 0.6) is 0 Å². The first kappa shape index (κ1) is 25.4. The Kier molecular flexibility index (Phi) is 6.77. The van der Waals surface area contributed by atoms with Gasteiger partial charge in [0.15, 0.2) is 0 Å². The van der Waals surface area contributed by atoms with Gasteiger partial charge in [0.2, 0.25) is 0 Å². The van der Waals surface area contributed by atoms with E-state index in [0.717, 1.165) is 30.4 Å². The zero-order chi connectivity index (χ0) is 25.7. The Hall–Kier alpha value is -2.22. The minimum Gasteiger partial charge on any atom is -0.256 e. The lowest BCUT2D eigenvalue weighted by Crippen LogP contribution is -2.36.